The maximum Gasteiger partial charge on any atom is 0.137 e. The molecule has 20 heavy (non-hydrogen) atoms. The van der Waals surface area contributed by atoms with Gasteiger partial charge >= 0.3 is 0 Å². The third-order valence-electron chi connectivity index (χ3n) is 4.14. The first-order valence-electron chi connectivity index (χ1n) is 7.24. The number of hydrogen-bond donors (Lipinski definition) is 1. The molecular weight excluding hydrogens is 248 g/mol. The van der Waals surface area contributed by atoms with Crippen molar-refractivity contribution in [2.45, 2.75) is 32.7 Å². The topological polar surface area (TPSA) is 46.5 Å². The summed E-state index contributed by atoms with van der Waals surface area (Å²) in [7, 11) is 0. The van der Waals surface area contributed by atoms with E-state index in [-0.39, 0.29) is 6.04 Å². The Morgan fingerprint density at radius 3 is 2.75 bits per heavy atom. The van der Waals surface area contributed by atoms with Crippen molar-refractivity contribution >= 4 is 10.9 Å². The van der Waals surface area contributed by atoms with Crippen molar-refractivity contribution in [1.29, 1.82) is 0 Å². The number of aromatic nitrogens is 4. The minimum atomic E-state index is 0.256. The fourth-order valence-corrected chi connectivity index (χ4v) is 2.99. The zero-order chi connectivity index (χ0) is 13.9. The number of hydrogen-bond acceptors (Lipinski definition) is 2. The fourth-order valence-electron chi connectivity index (χ4n) is 2.99. The Morgan fingerprint density at radius 1 is 1.20 bits per heavy atom. The van der Waals surface area contributed by atoms with Gasteiger partial charge in [0.15, 0.2) is 0 Å². The average Bonchev–Trinajstić information content (AvgIpc) is 3.14. The fraction of sp³-hybridized carbons (Fsp3) is 0.375. The van der Waals surface area contributed by atoms with Crippen molar-refractivity contribution in [2.75, 3.05) is 0 Å². The Morgan fingerprint density at radius 2 is 2.05 bits per heavy atom. The highest BCUT2D eigenvalue weighted by molar-refractivity contribution is 5.80. The number of nitrogens with zero attached hydrogens (tertiary/aromatic N) is 3. The molecule has 1 unspecified atom stereocenters. The Balaban J connectivity index is 2.07. The van der Waals surface area contributed by atoms with Crippen molar-refractivity contribution in [3.05, 3.63) is 48.7 Å². The highest BCUT2D eigenvalue weighted by Gasteiger charge is 2.23. The molecule has 104 valence electrons. The monoisotopic (exact) mass is 268 g/mol. The number of fused-ring (bicyclic) bond motifs is 1. The van der Waals surface area contributed by atoms with E-state index in [0.717, 1.165) is 12.8 Å². The SMILES string of the molecule is CCC(CC)C(c1ccc2[nH]ccc2c1)n1cncn1. The van der Waals surface area contributed by atoms with Crippen molar-refractivity contribution in [3.63, 3.8) is 0 Å². The van der Waals surface area contributed by atoms with Crippen LogP contribution >= 0.6 is 0 Å². The molecule has 0 aliphatic carbocycles. The quantitative estimate of drug-likeness (QED) is 0.765. The van der Waals surface area contributed by atoms with E-state index in [1.54, 1.807) is 6.33 Å². The van der Waals surface area contributed by atoms with Gasteiger partial charge in [-0.1, -0.05) is 32.8 Å². The number of rotatable bonds is 5. The highest BCUT2D eigenvalue weighted by atomic mass is 15.3. The van der Waals surface area contributed by atoms with Gasteiger partial charge in [0.2, 0.25) is 0 Å². The van der Waals surface area contributed by atoms with Gasteiger partial charge in [-0.2, -0.15) is 5.10 Å². The molecule has 0 fully saturated rings. The molecule has 0 aliphatic rings. The highest BCUT2D eigenvalue weighted by Crippen LogP contribution is 2.32. The molecule has 2 heterocycles. The Hall–Kier alpha value is -2.10. The van der Waals surface area contributed by atoms with Gasteiger partial charge in [-0.25, -0.2) is 9.67 Å². The van der Waals surface area contributed by atoms with Gasteiger partial charge in [-0.3, -0.25) is 0 Å². The first kappa shape index (κ1) is 12.9. The Kier molecular flexibility index (Phi) is 3.54. The maximum absolute atomic E-state index is 4.38. The first-order chi connectivity index (χ1) is 9.83. The largest absolute Gasteiger partial charge is 0.361 e. The summed E-state index contributed by atoms with van der Waals surface area (Å²) in [5, 5.41) is 5.62. The van der Waals surface area contributed by atoms with Crippen LogP contribution in [-0.4, -0.2) is 19.7 Å². The van der Waals surface area contributed by atoms with Crippen LogP contribution in [0.15, 0.2) is 43.1 Å². The normalized spacial score (nSPS) is 13.2. The van der Waals surface area contributed by atoms with Crippen LogP contribution in [0.1, 0.15) is 38.3 Å². The molecule has 0 amide bonds. The van der Waals surface area contributed by atoms with Gasteiger partial charge in [0.05, 0.1) is 6.04 Å². The molecule has 1 N–H and O–H groups in total. The van der Waals surface area contributed by atoms with Gasteiger partial charge in [-0.05, 0) is 35.1 Å². The summed E-state index contributed by atoms with van der Waals surface area (Å²) >= 11 is 0. The van der Waals surface area contributed by atoms with Crippen LogP contribution in [0.3, 0.4) is 0 Å². The predicted octanol–water partition coefficient (Wildman–Crippen LogP) is 3.79. The molecule has 0 radical (unpaired) electrons. The van der Waals surface area contributed by atoms with Gasteiger partial charge in [-0.15, -0.1) is 0 Å². The van der Waals surface area contributed by atoms with E-state index < -0.39 is 0 Å². The molecule has 4 heteroatoms. The van der Waals surface area contributed by atoms with E-state index in [4.69, 9.17) is 0 Å². The zero-order valence-electron chi connectivity index (χ0n) is 12.0. The van der Waals surface area contributed by atoms with Crippen LogP contribution in [-0.2, 0) is 0 Å². The van der Waals surface area contributed by atoms with Gasteiger partial charge < -0.3 is 4.98 Å². The molecule has 3 aromatic rings. The van der Waals surface area contributed by atoms with Crippen molar-refractivity contribution in [2.24, 2.45) is 5.92 Å². The van der Waals surface area contributed by atoms with Crippen molar-refractivity contribution in [3.8, 4) is 0 Å². The molecule has 0 saturated carbocycles. The summed E-state index contributed by atoms with van der Waals surface area (Å²) < 4.78 is 1.99. The second kappa shape index (κ2) is 5.49. The van der Waals surface area contributed by atoms with Crippen LogP contribution < -0.4 is 0 Å². The minimum Gasteiger partial charge on any atom is -0.361 e. The van der Waals surface area contributed by atoms with E-state index >= 15 is 0 Å². The molecule has 0 aliphatic heterocycles. The zero-order valence-corrected chi connectivity index (χ0v) is 12.0. The molecule has 2 aromatic heterocycles. The third-order valence-corrected chi connectivity index (χ3v) is 4.14. The second-order valence-electron chi connectivity index (χ2n) is 5.22. The number of nitrogens with one attached hydrogen (secondary N) is 1. The summed E-state index contributed by atoms with van der Waals surface area (Å²) in [5.41, 5.74) is 2.48. The Bertz CT molecular complexity index is 665. The minimum absolute atomic E-state index is 0.256. The van der Waals surface area contributed by atoms with Gasteiger partial charge in [0.25, 0.3) is 0 Å². The summed E-state index contributed by atoms with van der Waals surface area (Å²) in [6.45, 7) is 4.49. The number of H-pyrrole nitrogens is 1. The Labute approximate surface area is 118 Å². The summed E-state index contributed by atoms with van der Waals surface area (Å²) in [5.74, 6) is 0.563. The predicted molar refractivity (Wildman–Crippen MR) is 80.5 cm³/mol. The maximum atomic E-state index is 4.38. The van der Waals surface area contributed by atoms with E-state index in [1.807, 2.05) is 17.2 Å². The van der Waals surface area contributed by atoms with E-state index in [1.165, 1.54) is 16.5 Å². The van der Waals surface area contributed by atoms with Gasteiger partial charge in [0.1, 0.15) is 12.7 Å². The second-order valence-corrected chi connectivity index (χ2v) is 5.22. The lowest BCUT2D eigenvalue weighted by atomic mass is 9.88. The smallest absolute Gasteiger partial charge is 0.137 e. The molecule has 0 saturated heterocycles. The first-order valence-corrected chi connectivity index (χ1v) is 7.24. The van der Waals surface area contributed by atoms with E-state index in [0.29, 0.717) is 5.92 Å². The van der Waals surface area contributed by atoms with Crippen LogP contribution in [0.25, 0.3) is 10.9 Å². The van der Waals surface area contributed by atoms with Crippen LogP contribution in [0.5, 0.6) is 0 Å². The number of aromatic amines is 1. The van der Waals surface area contributed by atoms with Crippen molar-refractivity contribution < 1.29 is 0 Å². The summed E-state index contributed by atoms with van der Waals surface area (Å²) in [6.07, 6.45) is 7.68. The lowest BCUT2D eigenvalue weighted by Crippen LogP contribution is -2.20. The number of benzene rings is 1. The van der Waals surface area contributed by atoms with Crippen LogP contribution in [0, 0.1) is 5.92 Å². The van der Waals surface area contributed by atoms with Gasteiger partial charge in [0, 0.05) is 11.7 Å². The molecule has 4 nitrogen and oxygen atoms in total. The summed E-state index contributed by atoms with van der Waals surface area (Å²) in [4.78, 5) is 7.36. The van der Waals surface area contributed by atoms with E-state index in [9.17, 15) is 0 Å². The summed E-state index contributed by atoms with van der Waals surface area (Å²) in [6, 6.07) is 8.98. The van der Waals surface area contributed by atoms with Crippen molar-refractivity contribution in [1.82, 2.24) is 19.7 Å². The molecule has 0 bridgehead atoms. The molecule has 0 spiro atoms. The lowest BCUT2D eigenvalue weighted by molar-refractivity contribution is 0.333. The molecule has 3 rings (SSSR count). The third kappa shape index (κ3) is 2.22. The molecule has 1 atom stereocenters. The van der Waals surface area contributed by atoms with Crippen LogP contribution in [0.4, 0.5) is 0 Å². The average molecular weight is 268 g/mol. The molecule has 1 aromatic carbocycles. The van der Waals surface area contributed by atoms with E-state index in [2.05, 4.69) is 53.2 Å². The molecular formula is C16H20N4. The lowest BCUT2D eigenvalue weighted by Gasteiger charge is -2.26. The standard InChI is InChI=1S/C16H20N4/c1-3-12(4-2)16(20-11-17-10-19-20)14-5-6-15-13(9-14)7-8-18-15/h5-12,16,18H,3-4H2,1-2H3. The van der Waals surface area contributed by atoms with Crippen LogP contribution in [0.2, 0.25) is 0 Å².